The molecule has 2 aromatic carbocycles. The molecule has 0 saturated heterocycles. The van der Waals surface area contributed by atoms with Crippen molar-refractivity contribution in [1.29, 1.82) is 0 Å². The van der Waals surface area contributed by atoms with E-state index in [1.54, 1.807) is 24.3 Å². The van der Waals surface area contributed by atoms with E-state index in [4.69, 9.17) is 0 Å². The van der Waals surface area contributed by atoms with Gasteiger partial charge in [-0.25, -0.2) is 13.4 Å². The molecule has 0 unspecified atom stereocenters. The van der Waals surface area contributed by atoms with E-state index in [0.717, 1.165) is 15.8 Å². The topological polar surface area (TPSA) is 76.1 Å². The van der Waals surface area contributed by atoms with Crippen molar-refractivity contribution in [2.24, 2.45) is 0 Å². The van der Waals surface area contributed by atoms with E-state index in [0.29, 0.717) is 5.13 Å². The van der Waals surface area contributed by atoms with E-state index in [1.807, 2.05) is 30.3 Å². The zero-order valence-corrected chi connectivity index (χ0v) is 14.4. The predicted molar refractivity (Wildman–Crippen MR) is 96.8 cm³/mol. The third-order valence-corrected chi connectivity index (χ3v) is 5.96. The van der Waals surface area contributed by atoms with Gasteiger partial charge >= 0.3 is 0 Å². The molecule has 0 atom stereocenters. The highest BCUT2D eigenvalue weighted by Crippen LogP contribution is 2.25. The Morgan fingerprint density at radius 3 is 2.50 bits per heavy atom. The molecule has 1 N–H and O–H groups in total. The van der Waals surface area contributed by atoms with Crippen molar-refractivity contribution in [2.75, 3.05) is 11.1 Å². The summed E-state index contributed by atoms with van der Waals surface area (Å²) in [6.45, 7) is 0. The summed E-state index contributed by atoms with van der Waals surface area (Å²) in [5, 5.41) is 3.16. The van der Waals surface area contributed by atoms with Crippen LogP contribution in [0.4, 0.5) is 5.13 Å². The first-order valence-electron chi connectivity index (χ1n) is 7.42. The van der Waals surface area contributed by atoms with E-state index >= 15 is 0 Å². The van der Waals surface area contributed by atoms with Crippen molar-refractivity contribution in [3.63, 3.8) is 0 Å². The number of aromatic nitrogens is 1. The molecule has 0 spiro atoms. The highest BCUT2D eigenvalue weighted by Gasteiger charge is 2.15. The Morgan fingerprint density at radius 2 is 1.75 bits per heavy atom. The van der Waals surface area contributed by atoms with Gasteiger partial charge in [-0.1, -0.05) is 53.8 Å². The number of nitrogens with zero attached hydrogens (tertiary/aromatic N) is 1. The number of rotatable bonds is 6. The van der Waals surface area contributed by atoms with Gasteiger partial charge in [0.2, 0.25) is 5.91 Å². The molecule has 0 aliphatic carbocycles. The van der Waals surface area contributed by atoms with Gasteiger partial charge in [0.1, 0.15) is 0 Å². The van der Waals surface area contributed by atoms with Gasteiger partial charge < -0.3 is 5.32 Å². The van der Waals surface area contributed by atoms with Crippen LogP contribution < -0.4 is 5.32 Å². The largest absolute Gasteiger partial charge is 0.302 e. The maximum Gasteiger partial charge on any atom is 0.227 e. The first-order chi connectivity index (χ1) is 11.5. The molecule has 1 heterocycles. The van der Waals surface area contributed by atoms with Gasteiger partial charge in [-0.05, 0) is 17.7 Å². The van der Waals surface area contributed by atoms with E-state index in [-0.39, 0.29) is 23.8 Å². The Balaban J connectivity index is 1.56. The zero-order chi connectivity index (χ0) is 17.0. The summed E-state index contributed by atoms with van der Waals surface area (Å²) in [5.74, 6) is -0.577. The van der Waals surface area contributed by atoms with Crippen LogP contribution in [0.5, 0.6) is 0 Å². The molecule has 5 nitrogen and oxygen atoms in total. The van der Waals surface area contributed by atoms with Crippen molar-refractivity contribution < 1.29 is 13.2 Å². The molecule has 0 aliphatic rings. The van der Waals surface area contributed by atoms with E-state index in [2.05, 4.69) is 10.3 Å². The Morgan fingerprint density at radius 1 is 1.04 bits per heavy atom. The van der Waals surface area contributed by atoms with Crippen molar-refractivity contribution >= 4 is 42.4 Å². The fraction of sp³-hybridized carbons (Fsp3) is 0.176. The first kappa shape index (κ1) is 16.6. The number of anilines is 1. The number of nitrogens with one attached hydrogen (secondary N) is 1. The molecule has 3 rings (SSSR count). The minimum Gasteiger partial charge on any atom is -0.302 e. The fourth-order valence-electron chi connectivity index (χ4n) is 2.26. The van der Waals surface area contributed by atoms with Crippen molar-refractivity contribution in [1.82, 2.24) is 4.98 Å². The molecule has 0 fully saturated rings. The van der Waals surface area contributed by atoms with Gasteiger partial charge in [-0.15, -0.1) is 0 Å². The van der Waals surface area contributed by atoms with Crippen LogP contribution >= 0.6 is 11.3 Å². The van der Waals surface area contributed by atoms with Crippen LogP contribution in [0.1, 0.15) is 12.0 Å². The number of thiazole rings is 1. The second kappa shape index (κ2) is 7.11. The Kier molecular flexibility index (Phi) is 4.92. The predicted octanol–water partition coefficient (Wildman–Crippen LogP) is 3.24. The second-order valence-corrected chi connectivity index (χ2v) is 8.58. The van der Waals surface area contributed by atoms with Gasteiger partial charge in [-0.2, -0.15) is 0 Å². The summed E-state index contributed by atoms with van der Waals surface area (Å²) in [6.07, 6.45) is -0.0783. The molecule has 1 amide bonds. The normalized spacial score (nSPS) is 11.5. The molecule has 124 valence electrons. The molecule has 3 aromatic rings. The third-order valence-electron chi connectivity index (χ3n) is 3.41. The molecule has 0 radical (unpaired) electrons. The van der Waals surface area contributed by atoms with Crippen LogP contribution in [0.25, 0.3) is 10.2 Å². The first-order valence-corrected chi connectivity index (χ1v) is 10.1. The van der Waals surface area contributed by atoms with Crippen molar-refractivity contribution in [3.8, 4) is 0 Å². The highest BCUT2D eigenvalue weighted by atomic mass is 32.2. The molecule has 0 bridgehead atoms. The average molecular weight is 360 g/mol. The highest BCUT2D eigenvalue weighted by molar-refractivity contribution is 7.90. The minimum atomic E-state index is -3.32. The Labute approximate surface area is 144 Å². The number of fused-ring (bicyclic) bond motifs is 1. The number of carbonyl (C=O) groups is 1. The summed E-state index contributed by atoms with van der Waals surface area (Å²) >= 11 is 1.37. The SMILES string of the molecule is O=C(CCS(=O)(=O)Cc1ccccc1)Nc1nc2ccccc2s1. The number of hydrogen-bond donors (Lipinski definition) is 1. The summed E-state index contributed by atoms with van der Waals surface area (Å²) in [7, 11) is -3.32. The average Bonchev–Trinajstić information content (AvgIpc) is 2.96. The lowest BCUT2D eigenvalue weighted by molar-refractivity contribution is -0.115. The maximum absolute atomic E-state index is 12.1. The molecular formula is C17H16N2O3S2. The van der Waals surface area contributed by atoms with Gasteiger partial charge in [0, 0.05) is 6.42 Å². The minimum absolute atomic E-state index is 0.0533. The molecular weight excluding hydrogens is 344 g/mol. The lowest BCUT2D eigenvalue weighted by Crippen LogP contribution is -2.18. The third kappa shape index (κ3) is 4.39. The lowest BCUT2D eigenvalue weighted by atomic mass is 10.2. The zero-order valence-electron chi connectivity index (χ0n) is 12.8. The Bertz CT molecular complexity index is 917. The van der Waals surface area contributed by atoms with Gasteiger partial charge in [-0.3, -0.25) is 4.79 Å². The summed E-state index contributed by atoms with van der Waals surface area (Å²) in [5.41, 5.74) is 1.54. The van der Waals surface area contributed by atoms with Gasteiger partial charge in [0.25, 0.3) is 0 Å². The quantitative estimate of drug-likeness (QED) is 0.732. The molecule has 1 aromatic heterocycles. The van der Waals surface area contributed by atoms with E-state index < -0.39 is 9.84 Å². The van der Waals surface area contributed by atoms with E-state index in [9.17, 15) is 13.2 Å². The second-order valence-electron chi connectivity index (χ2n) is 5.36. The van der Waals surface area contributed by atoms with Crippen LogP contribution in [0.15, 0.2) is 54.6 Å². The van der Waals surface area contributed by atoms with Crippen LogP contribution in [-0.4, -0.2) is 25.1 Å². The number of benzene rings is 2. The summed E-state index contributed by atoms with van der Waals surface area (Å²) in [4.78, 5) is 16.3. The number of para-hydroxylation sites is 1. The standard InChI is InChI=1S/C17H16N2O3S2/c20-16(19-17-18-14-8-4-5-9-15(14)23-17)10-11-24(21,22)12-13-6-2-1-3-7-13/h1-9H,10-12H2,(H,18,19,20). The lowest BCUT2D eigenvalue weighted by Gasteiger charge is -2.04. The number of carbonyl (C=O) groups excluding carboxylic acids is 1. The number of amides is 1. The van der Waals surface area contributed by atoms with Crippen LogP contribution in [0.3, 0.4) is 0 Å². The fourth-order valence-corrected chi connectivity index (χ4v) is 4.48. The molecule has 0 aliphatic heterocycles. The van der Waals surface area contributed by atoms with Crippen molar-refractivity contribution in [3.05, 3.63) is 60.2 Å². The molecule has 7 heteroatoms. The van der Waals surface area contributed by atoms with Crippen LogP contribution in [0, 0.1) is 0 Å². The van der Waals surface area contributed by atoms with E-state index in [1.165, 1.54) is 11.3 Å². The smallest absolute Gasteiger partial charge is 0.227 e. The number of sulfone groups is 1. The maximum atomic E-state index is 12.1. The van der Waals surface area contributed by atoms with Crippen LogP contribution in [-0.2, 0) is 20.4 Å². The molecule has 24 heavy (non-hydrogen) atoms. The number of hydrogen-bond acceptors (Lipinski definition) is 5. The van der Waals surface area contributed by atoms with Gasteiger partial charge in [0.05, 0.1) is 21.7 Å². The monoisotopic (exact) mass is 360 g/mol. The van der Waals surface area contributed by atoms with Crippen molar-refractivity contribution in [2.45, 2.75) is 12.2 Å². The summed E-state index contributed by atoms with van der Waals surface area (Å²) in [6, 6.07) is 16.5. The Hall–Kier alpha value is -2.25. The van der Waals surface area contributed by atoms with Gasteiger partial charge in [0.15, 0.2) is 15.0 Å². The van der Waals surface area contributed by atoms with Crippen LogP contribution in [0.2, 0.25) is 0 Å². The molecule has 0 saturated carbocycles. The summed E-state index contributed by atoms with van der Waals surface area (Å²) < 4.78 is 25.2.